The van der Waals surface area contributed by atoms with E-state index in [1.54, 1.807) is 0 Å². The molecule has 2 fully saturated rings. The first-order valence-electron chi connectivity index (χ1n) is 10.3. The molecule has 4 aliphatic rings. The van der Waals surface area contributed by atoms with E-state index < -0.39 is 16.6 Å². The van der Waals surface area contributed by atoms with Crippen LogP contribution < -0.4 is 0 Å². The van der Waals surface area contributed by atoms with Crippen molar-refractivity contribution in [1.29, 1.82) is 0 Å². The standard InChI is InChI=1S/C22H34OSi2/c1-24(2,21-15-13-17-9-5-7-11-19(17)21)23-25(3,4)22-16-14-18-10-6-8-12-20(18)22/h5-12,17-22H,13-16H2,1-4H3. The van der Waals surface area contributed by atoms with Crippen LogP contribution in [0.4, 0.5) is 0 Å². The van der Waals surface area contributed by atoms with Crippen molar-refractivity contribution in [2.75, 3.05) is 0 Å². The summed E-state index contributed by atoms with van der Waals surface area (Å²) in [6, 6.07) is 0. The molecule has 0 amide bonds. The number of rotatable bonds is 4. The van der Waals surface area contributed by atoms with Crippen LogP contribution in [0.15, 0.2) is 48.6 Å². The molecule has 6 unspecified atom stereocenters. The lowest BCUT2D eigenvalue weighted by molar-refractivity contribution is 0.445. The van der Waals surface area contributed by atoms with E-state index >= 15 is 0 Å². The highest BCUT2D eigenvalue weighted by atomic mass is 28.4. The van der Waals surface area contributed by atoms with E-state index in [-0.39, 0.29) is 0 Å². The molecule has 0 aromatic rings. The lowest BCUT2D eigenvalue weighted by Crippen LogP contribution is -2.51. The van der Waals surface area contributed by atoms with Gasteiger partial charge in [0.05, 0.1) is 0 Å². The fourth-order valence-corrected chi connectivity index (χ4v) is 17.3. The summed E-state index contributed by atoms with van der Waals surface area (Å²) in [6.45, 7) is 10.1. The number of fused-ring (bicyclic) bond motifs is 2. The van der Waals surface area contributed by atoms with Gasteiger partial charge in [0.15, 0.2) is 16.6 Å². The Morgan fingerprint density at radius 1 is 0.600 bits per heavy atom. The van der Waals surface area contributed by atoms with Crippen LogP contribution in [0.1, 0.15) is 25.7 Å². The van der Waals surface area contributed by atoms with Crippen LogP contribution >= 0.6 is 0 Å². The maximum Gasteiger partial charge on any atom is 0.177 e. The molecule has 0 saturated heterocycles. The highest BCUT2D eigenvalue weighted by molar-refractivity contribution is 6.86. The highest BCUT2D eigenvalue weighted by Crippen LogP contribution is 2.54. The van der Waals surface area contributed by atoms with Crippen LogP contribution in [0.25, 0.3) is 0 Å². The maximum atomic E-state index is 7.25. The van der Waals surface area contributed by atoms with Crippen molar-refractivity contribution in [3.63, 3.8) is 0 Å². The third kappa shape index (κ3) is 3.24. The lowest BCUT2D eigenvalue weighted by Gasteiger charge is -2.44. The molecule has 2 saturated carbocycles. The normalized spacial score (nSPS) is 39.7. The van der Waals surface area contributed by atoms with Gasteiger partial charge in [-0.1, -0.05) is 48.6 Å². The molecule has 0 bridgehead atoms. The van der Waals surface area contributed by atoms with Crippen molar-refractivity contribution in [1.82, 2.24) is 0 Å². The zero-order valence-electron chi connectivity index (χ0n) is 16.3. The minimum atomic E-state index is -1.70. The van der Waals surface area contributed by atoms with Crippen molar-refractivity contribution in [3.8, 4) is 0 Å². The van der Waals surface area contributed by atoms with E-state index in [2.05, 4.69) is 74.8 Å². The molecular weight excluding hydrogens is 336 g/mol. The summed E-state index contributed by atoms with van der Waals surface area (Å²) in [5.41, 5.74) is 1.59. The first-order valence-corrected chi connectivity index (χ1v) is 16.3. The number of hydrogen-bond donors (Lipinski definition) is 0. The molecule has 0 aromatic carbocycles. The Hall–Kier alpha value is -0.646. The number of hydrogen-bond acceptors (Lipinski definition) is 1. The molecule has 0 aromatic heterocycles. The van der Waals surface area contributed by atoms with Gasteiger partial charge in [0.2, 0.25) is 0 Å². The van der Waals surface area contributed by atoms with E-state index in [0.717, 1.165) is 34.8 Å². The van der Waals surface area contributed by atoms with Gasteiger partial charge in [0.25, 0.3) is 0 Å². The van der Waals surface area contributed by atoms with E-state index in [4.69, 9.17) is 4.12 Å². The van der Waals surface area contributed by atoms with Gasteiger partial charge in [0, 0.05) is 0 Å². The summed E-state index contributed by atoms with van der Waals surface area (Å²) < 4.78 is 7.25. The average molecular weight is 371 g/mol. The predicted octanol–water partition coefficient (Wildman–Crippen LogP) is 6.46. The van der Waals surface area contributed by atoms with Gasteiger partial charge < -0.3 is 4.12 Å². The third-order valence-corrected chi connectivity index (χ3v) is 16.6. The van der Waals surface area contributed by atoms with Gasteiger partial charge in [0.1, 0.15) is 0 Å². The van der Waals surface area contributed by atoms with Crippen LogP contribution in [-0.2, 0) is 4.12 Å². The van der Waals surface area contributed by atoms with Gasteiger partial charge in [-0.05, 0) is 86.6 Å². The third-order valence-electron chi connectivity index (χ3n) is 7.46. The second-order valence-electron chi connectivity index (χ2n) is 9.70. The summed E-state index contributed by atoms with van der Waals surface area (Å²) in [4.78, 5) is 0. The summed E-state index contributed by atoms with van der Waals surface area (Å²) in [7, 11) is -3.41. The molecule has 6 atom stereocenters. The van der Waals surface area contributed by atoms with Crippen molar-refractivity contribution in [2.45, 2.75) is 63.0 Å². The Morgan fingerprint density at radius 3 is 1.44 bits per heavy atom. The molecule has 0 radical (unpaired) electrons. The maximum absolute atomic E-state index is 7.25. The Balaban J connectivity index is 1.50. The van der Waals surface area contributed by atoms with Crippen molar-refractivity contribution >= 4 is 16.6 Å². The van der Waals surface area contributed by atoms with Crippen LogP contribution in [-0.4, -0.2) is 16.6 Å². The molecule has 4 aliphatic carbocycles. The Kier molecular flexibility index (Phi) is 4.62. The van der Waals surface area contributed by atoms with Gasteiger partial charge in [-0.15, -0.1) is 0 Å². The zero-order chi connectivity index (χ0) is 17.7. The fraction of sp³-hybridized carbons (Fsp3) is 0.636. The first kappa shape index (κ1) is 17.8. The van der Waals surface area contributed by atoms with E-state index in [9.17, 15) is 0 Å². The second-order valence-corrected chi connectivity index (χ2v) is 18.4. The molecule has 0 heterocycles. The predicted molar refractivity (Wildman–Crippen MR) is 113 cm³/mol. The van der Waals surface area contributed by atoms with Gasteiger partial charge in [-0.3, -0.25) is 0 Å². The Labute approximate surface area is 156 Å². The van der Waals surface area contributed by atoms with Crippen LogP contribution in [0.5, 0.6) is 0 Å². The molecule has 25 heavy (non-hydrogen) atoms. The molecule has 1 nitrogen and oxygen atoms in total. The van der Waals surface area contributed by atoms with Gasteiger partial charge in [-0.2, -0.15) is 0 Å². The van der Waals surface area contributed by atoms with E-state index in [0.29, 0.717) is 0 Å². The Morgan fingerprint density at radius 2 is 1.00 bits per heavy atom. The van der Waals surface area contributed by atoms with Gasteiger partial charge >= 0.3 is 0 Å². The molecular formula is C22H34OSi2. The SMILES string of the molecule is C[Si](C)(O[Si](C)(C)C1CCC2C=CC=CC21)C1CCC2C=CC=CC21. The van der Waals surface area contributed by atoms with E-state index in [1.165, 1.54) is 25.7 Å². The monoisotopic (exact) mass is 370 g/mol. The smallest absolute Gasteiger partial charge is 0.177 e. The van der Waals surface area contributed by atoms with Crippen molar-refractivity contribution in [2.24, 2.45) is 23.7 Å². The first-order chi connectivity index (χ1) is 11.9. The second kappa shape index (κ2) is 6.51. The molecule has 0 N–H and O–H groups in total. The molecule has 3 heteroatoms. The highest BCUT2D eigenvalue weighted by Gasteiger charge is 2.51. The summed E-state index contributed by atoms with van der Waals surface area (Å²) in [6.07, 6.45) is 24.3. The van der Waals surface area contributed by atoms with Crippen LogP contribution in [0, 0.1) is 23.7 Å². The largest absolute Gasteiger partial charge is 0.455 e. The molecule has 4 rings (SSSR count). The van der Waals surface area contributed by atoms with E-state index in [1.807, 2.05) is 0 Å². The lowest BCUT2D eigenvalue weighted by atomic mass is 9.92. The van der Waals surface area contributed by atoms with Crippen molar-refractivity contribution < 1.29 is 4.12 Å². The van der Waals surface area contributed by atoms with Crippen LogP contribution in [0.3, 0.4) is 0 Å². The Bertz CT molecular complexity index is 574. The minimum absolute atomic E-state index is 0.741. The summed E-state index contributed by atoms with van der Waals surface area (Å²) in [5.74, 6) is 3.03. The average Bonchev–Trinajstić information content (AvgIpc) is 3.18. The summed E-state index contributed by atoms with van der Waals surface area (Å²) >= 11 is 0. The minimum Gasteiger partial charge on any atom is -0.455 e. The van der Waals surface area contributed by atoms with Crippen LogP contribution in [0.2, 0.25) is 37.3 Å². The zero-order valence-corrected chi connectivity index (χ0v) is 18.3. The van der Waals surface area contributed by atoms with Crippen molar-refractivity contribution in [3.05, 3.63) is 48.6 Å². The topological polar surface area (TPSA) is 9.23 Å². The molecule has 0 aliphatic heterocycles. The molecule has 0 spiro atoms. The fourth-order valence-electron chi connectivity index (χ4n) is 6.36. The van der Waals surface area contributed by atoms with Gasteiger partial charge in [-0.25, -0.2) is 0 Å². The quantitative estimate of drug-likeness (QED) is 0.516. The number of allylic oxidation sites excluding steroid dienone is 8. The summed E-state index contributed by atoms with van der Waals surface area (Å²) in [5, 5.41) is 0. The molecule has 136 valence electrons.